The Morgan fingerprint density at radius 2 is 1.79 bits per heavy atom. The minimum absolute atomic E-state index is 0.000452. The monoisotopic (exact) mass is 399 g/mol. The number of piperidine rings is 1. The predicted octanol–water partition coefficient (Wildman–Crippen LogP) is 2.65. The topological polar surface area (TPSA) is 83.7 Å². The van der Waals surface area contributed by atoms with E-state index in [4.69, 9.17) is 5.73 Å². The molecule has 1 saturated heterocycles. The molecule has 148 valence electrons. The van der Waals surface area contributed by atoms with E-state index in [1.165, 1.54) is 4.31 Å². The summed E-state index contributed by atoms with van der Waals surface area (Å²) in [6.45, 7) is 1.33. The van der Waals surface area contributed by atoms with Crippen molar-refractivity contribution in [2.75, 3.05) is 30.3 Å². The van der Waals surface area contributed by atoms with E-state index >= 15 is 0 Å². The molecular formula is C21H25N3O3S. The van der Waals surface area contributed by atoms with Crippen molar-refractivity contribution < 1.29 is 13.2 Å². The molecule has 2 aliphatic rings. The minimum atomic E-state index is -3.58. The van der Waals surface area contributed by atoms with Crippen molar-refractivity contribution in [3.63, 3.8) is 0 Å². The van der Waals surface area contributed by atoms with Gasteiger partial charge in [-0.05, 0) is 55.5 Å². The third kappa shape index (κ3) is 3.40. The van der Waals surface area contributed by atoms with Crippen LogP contribution in [0.4, 0.5) is 11.4 Å². The fraction of sp³-hybridized carbons (Fsp3) is 0.381. The minimum Gasteiger partial charge on any atom is -0.398 e. The van der Waals surface area contributed by atoms with E-state index < -0.39 is 10.0 Å². The van der Waals surface area contributed by atoms with E-state index in [2.05, 4.69) is 0 Å². The number of benzene rings is 2. The summed E-state index contributed by atoms with van der Waals surface area (Å²) in [5.74, 6) is -0.334. The second kappa shape index (κ2) is 7.56. The highest BCUT2D eigenvalue weighted by molar-refractivity contribution is 7.89. The molecule has 0 aromatic heterocycles. The van der Waals surface area contributed by atoms with E-state index in [0.29, 0.717) is 31.6 Å². The van der Waals surface area contributed by atoms with E-state index in [1.807, 2.05) is 18.2 Å². The average molecular weight is 400 g/mol. The Labute approximate surface area is 166 Å². The fourth-order valence-corrected chi connectivity index (χ4v) is 5.75. The lowest BCUT2D eigenvalue weighted by atomic mass is 9.94. The number of hydrogen-bond donors (Lipinski definition) is 1. The fourth-order valence-electron chi connectivity index (χ4n) is 4.20. The lowest BCUT2D eigenvalue weighted by Crippen LogP contribution is -2.48. The van der Waals surface area contributed by atoms with E-state index in [0.717, 1.165) is 24.1 Å². The molecule has 28 heavy (non-hydrogen) atoms. The van der Waals surface area contributed by atoms with Crippen LogP contribution in [0.15, 0.2) is 53.4 Å². The van der Waals surface area contributed by atoms with Gasteiger partial charge in [-0.1, -0.05) is 24.3 Å². The third-order valence-electron chi connectivity index (χ3n) is 5.67. The Kier molecular flexibility index (Phi) is 5.12. The molecule has 2 N–H and O–H groups in total. The van der Waals surface area contributed by atoms with Crippen molar-refractivity contribution in [3.8, 4) is 0 Å². The molecule has 0 saturated carbocycles. The molecule has 0 aliphatic carbocycles. The SMILES string of the molecule is Nc1cccc2c1CCCN2C(=O)C1CCCN(S(=O)(=O)c2ccccc2)C1. The summed E-state index contributed by atoms with van der Waals surface area (Å²) in [5, 5.41) is 0. The predicted molar refractivity (Wildman–Crippen MR) is 109 cm³/mol. The number of amides is 1. The molecule has 2 aliphatic heterocycles. The van der Waals surface area contributed by atoms with Crippen molar-refractivity contribution in [2.24, 2.45) is 5.92 Å². The zero-order chi connectivity index (χ0) is 19.7. The van der Waals surface area contributed by atoms with Crippen LogP contribution in [0.1, 0.15) is 24.8 Å². The number of carbonyl (C=O) groups excluding carboxylic acids is 1. The summed E-state index contributed by atoms with van der Waals surface area (Å²) in [7, 11) is -3.58. The Morgan fingerprint density at radius 1 is 1.00 bits per heavy atom. The van der Waals surface area contributed by atoms with Crippen LogP contribution in [0.25, 0.3) is 0 Å². The highest BCUT2D eigenvalue weighted by atomic mass is 32.2. The van der Waals surface area contributed by atoms with Gasteiger partial charge in [0.2, 0.25) is 15.9 Å². The van der Waals surface area contributed by atoms with Gasteiger partial charge in [-0.15, -0.1) is 0 Å². The summed E-state index contributed by atoms with van der Waals surface area (Å²) in [5.41, 5.74) is 8.71. The Bertz CT molecular complexity index is 976. The first-order chi connectivity index (χ1) is 13.5. The van der Waals surface area contributed by atoms with Gasteiger partial charge in [0.25, 0.3) is 0 Å². The molecule has 1 fully saturated rings. The van der Waals surface area contributed by atoms with Gasteiger partial charge in [0, 0.05) is 31.0 Å². The third-order valence-corrected chi connectivity index (χ3v) is 7.55. The zero-order valence-electron chi connectivity index (χ0n) is 15.8. The van der Waals surface area contributed by atoms with Gasteiger partial charge in [-0.2, -0.15) is 4.31 Å². The van der Waals surface area contributed by atoms with Gasteiger partial charge in [-0.25, -0.2) is 8.42 Å². The van der Waals surface area contributed by atoms with E-state index in [1.54, 1.807) is 35.2 Å². The summed E-state index contributed by atoms with van der Waals surface area (Å²) < 4.78 is 27.4. The van der Waals surface area contributed by atoms with Gasteiger partial charge in [-0.3, -0.25) is 4.79 Å². The molecule has 0 bridgehead atoms. The Balaban J connectivity index is 1.56. The van der Waals surface area contributed by atoms with Crippen molar-refractivity contribution in [1.82, 2.24) is 4.31 Å². The largest absolute Gasteiger partial charge is 0.398 e. The summed E-state index contributed by atoms with van der Waals surface area (Å²) >= 11 is 0. The smallest absolute Gasteiger partial charge is 0.243 e. The lowest BCUT2D eigenvalue weighted by Gasteiger charge is -2.36. The summed E-state index contributed by atoms with van der Waals surface area (Å²) in [4.78, 5) is 15.4. The van der Waals surface area contributed by atoms with Crippen molar-refractivity contribution in [2.45, 2.75) is 30.6 Å². The molecule has 1 amide bonds. The first-order valence-electron chi connectivity index (χ1n) is 9.72. The first kappa shape index (κ1) is 19.0. The number of hydrogen-bond acceptors (Lipinski definition) is 4. The van der Waals surface area contributed by atoms with Crippen LogP contribution in [0.5, 0.6) is 0 Å². The molecule has 1 unspecified atom stereocenters. The molecule has 4 rings (SSSR count). The molecule has 2 aromatic rings. The molecule has 0 spiro atoms. The van der Waals surface area contributed by atoms with Crippen LogP contribution in [0.3, 0.4) is 0 Å². The highest BCUT2D eigenvalue weighted by Gasteiger charge is 2.36. The van der Waals surface area contributed by atoms with Crippen molar-refractivity contribution in [3.05, 3.63) is 54.1 Å². The maximum Gasteiger partial charge on any atom is 0.243 e. The highest BCUT2D eigenvalue weighted by Crippen LogP contribution is 2.34. The van der Waals surface area contributed by atoms with Gasteiger partial charge in [0.05, 0.1) is 10.8 Å². The van der Waals surface area contributed by atoms with Crippen LogP contribution in [-0.4, -0.2) is 38.3 Å². The molecule has 6 nitrogen and oxygen atoms in total. The van der Waals surface area contributed by atoms with Crippen LogP contribution in [-0.2, 0) is 21.2 Å². The Morgan fingerprint density at radius 3 is 2.57 bits per heavy atom. The van der Waals surface area contributed by atoms with Crippen LogP contribution >= 0.6 is 0 Å². The molecule has 7 heteroatoms. The standard InChI is InChI=1S/C21H25N3O3S/c22-19-11-4-12-20-18(19)10-6-14-24(20)21(25)16-7-5-13-23(15-16)28(26,27)17-8-2-1-3-9-17/h1-4,8-9,11-12,16H,5-7,10,13-15,22H2. The normalized spacial score (nSPS) is 20.6. The quantitative estimate of drug-likeness (QED) is 0.805. The number of nitrogens with two attached hydrogens (primary N) is 1. The van der Waals surface area contributed by atoms with E-state index in [-0.39, 0.29) is 23.3 Å². The summed E-state index contributed by atoms with van der Waals surface area (Å²) in [6, 6.07) is 14.1. The molecular weight excluding hydrogens is 374 g/mol. The van der Waals surface area contributed by atoms with Gasteiger partial charge >= 0.3 is 0 Å². The van der Waals surface area contributed by atoms with Gasteiger partial charge < -0.3 is 10.6 Å². The number of carbonyl (C=O) groups is 1. The maximum atomic E-state index is 13.3. The van der Waals surface area contributed by atoms with Crippen LogP contribution < -0.4 is 10.6 Å². The number of rotatable bonds is 3. The number of sulfonamides is 1. The van der Waals surface area contributed by atoms with Gasteiger partial charge in [0.1, 0.15) is 0 Å². The number of anilines is 2. The van der Waals surface area contributed by atoms with Crippen molar-refractivity contribution >= 4 is 27.3 Å². The molecule has 2 heterocycles. The molecule has 1 atom stereocenters. The maximum absolute atomic E-state index is 13.3. The van der Waals surface area contributed by atoms with Crippen LogP contribution in [0, 0.1) is 5.92 Å². The number of fused-ring (bicyclic) bond motifs is 1. The van der Waals surface area contributed by atoms with Crippen LogP contribution in [0.2, 0.25) is 0 Å². The number of nitrogens with zero attached hydrogens (tertiary/aromatic N) is 2. The van der Waals surface area contributed by atoms with Gasteiger partial charge in [0.15, 0.2) is 0 Å². The summed E-state index contributed by atoms with van der Waals surface area (Å²) in [6.07, 6.45) is 3.12. The zero-order valence-corrected chi connectivity index (χ0v) is 16.6. The van der Waals surface area contributed by atoms with Crippen molar-refractivity contribution in [1.29, 1.82) is 0 Å². The lowest BCUT2D eigenvalue weighted by molar-refractivity contribution is -0.123. The van der Waals surface area contributed by atoms with E-state index in [9.17, 15) is 13.2 Å². The first-order valence-corrected chi connectivity index (χ1v) is 11.2. The second-order valence-electron chi connectivity index (χ2n) is 7.45. The second-order valence-corrected chi connectivity index (χ2v) is 9.39. The molecule has 2 aromatic carbocycles. The average Bonchev–Trinajstić information content (AvgIpc) is 2.74. The Hall–Kier alpha value is -2.38. The number of nitrogen functional groups attached to an aromatic ring is 1. The molecule has 0 radical (unpaired) electrons.